The molecule has 6 heteroatoms. The van der Waals surface area contributed by atoms with Crippen molar-refractivity contribution in [3.63, 3.8) is 0 Å². The molecule has 6 nitrogen and oxygen atoms in total. The van der Waals surface area contributed by atoms with Crippen molar-refractivity contribution >= 4 is 6.41 Å². The molecule has 1 amide bonds. The highest BCUT2D eigenvalue weighted by atomic mass is 16.5. The van der Waals surface area contributed by atoms with Crippen molar-refractivity contribution in [3.05, 3.63) is 23.8 Å². The number of methoxy groups -OCH3 is 3. The number of nitrogens with one attached hydrogen (secondary N) is 1. The minimum absolute atomic E-state index is 0.0720. The number of rotatable bonds is 12. The molecule has 0 heterocycles. The highest BCUT2D eigenvalue weighted by Gasteiger charge is 2.11. The second-order valence-corrected chi connectivity index (χ2v) is 4.82. The zero-order valence-electron chi connectivity index (χ0n) is 13.5. The molecule has 0 aliphatic rings. The van der Waals surface area contributed by atoms with Crippen molar-refractivity contribution in [2.24, 2.45) is 0 Å². The molecule has 1 aromatic rings. The monoisotopic (exact) mass is 311 g/mol. The van der Waals surface area contributed by atoms with Gasteiger partial charge in [-0.1, -0.05) is 6.07 Å². The van der Waals surface area contributed by atoms with Crippen LogP contribution in [0.3, 0.4) is 0 Å². The van der Waals surface area contributed by atoms with Gasteiger partial charge in [-0.15, -0.1) is 0 Å². The number of amides is 1. The van der Waals surface area contributed by atoms with Crippen LogP contribution in [-0.2, 0) is 20.7 Å². The third-order valence-corrected chi connectivity index (χ3v) is 3.13. The van der Waals surface area contributed by atoms with Gasteiger partial charge in [0.15, 0.2) is 11.5 Å². The van der Waals surface area contributed by atoms with E-state index < -0.39 is 0 Å². The SMILES string of the molecule is COCCCOc1cc(C[C@@H](COC)NC=O)ccc1OC. The van der Waals surface area contributed by atoms with Gasteiger partial charge in [-0.05, 0) is 24.1 Å². The Hall–Kier alpha value is -1.79. The summed E-state index contributed by atoms with van der Waals surface area (Å²) in [6, 6.07) is 5.68. The van der Waals surface area contributed by atoms with Crippen molar-refractivity contribution in [2.45, 2.75) is 18.9 Å². The maximum absolute atomic E-state index is 10.6. The molecule has 124 valence electrons. The van der Waals surface area contributed by atoms with Gasteiger partial charge in [-0.25, -0.2) is 0 Å². The molecule has 1 atom stereocenters. The van der Waals surface area contributed by atoms with E-state index in [1.165, 1.54) is 0 Å². The second kappa shape index (κ2) is 10.9. The van der Waals surface area contributed by atoms with Crippen LogP contribution in [0.1, 0.15) is 12.0 Å². The molecular weight excluding hydrogens is 286 g/mol. The molecule has 22 heavy (non-hydrogen) atoms. The summed E-state index contributed by atoms with van der Waals surface area (Å²) >= 11 is 0. The number of carbonyl (C=O) groups excluding carboxylic acids is 1. The van der Waals surface area contributed by atoms with E-state index in [2.05, 4.69) is 5.32 Å². The molecule has 0 aromatic heterocycles. The van der Waals surface area contributed by atoms with Gasteiger partial charge < -0.3 is 24.3 Å². The molecule has 1 aromatic carbocycles. The summed E-state index contributed by atoms with van der Waals surface area (Å²) < 4.78 is 21.2. The van der Waals surface area contributed by atoms with Crippen LogP contribution in [0, 0.1) is 0 Å². The standard InChI is InChI=1S/C16H25NO5/c1-19-7-4-8-22-16-10-13(5-6-15(16)21-3)9-14(11-20-2)17-12-18/h5-6,10,12,14H,4,7-9,11H2,1-3H3,(H,17,18)/t14-/m0/s1. The summed E-state index contributed by atoms with van der Waals surface area (Å²) in [6.45, 7) is 1.66. The summed E-state index contributed by atoms with van der Waals surface area (Å²) in [6.07, 6.45) is 2.16. The van der Waals surface area contributed by atoms with Gasteiger partial charge in [-0.3, -0.25) is 4.79 Å². The van der Waals surface area contributed by atoms with Gasteiger partial charge in [0.25, 0.3) is 0 Å². The Morgan fingerprint density at radius 3 is 2.59 bits per heavy atom. The Labute approximate surface area is 131 Å². The van der Waals surface area contributed by atoms with Crippen LogP contribution in [0.25, 0.3) is 0 Å². The van der Waals surface area contributed by atoms with Gasteiger partial charge in [0.1, 0.15) is 0 Å². The fourth-order valence-electron chi connectivity index (χ4n) is 2.09. The van der Waals surface area contributed by atoms with Crippen LogP contribution < -0.4 is 14.8 Å². The van der Waals surface area contributed by atoms with Crippen molar-refractivity contribution < 1.29 is 23.7 Å². The first kappa shape index (κ1) is 18.3. The maximum atomic E-state index is 10.6. The zero-order valence-corrected chi connectivity index (χ0v) is 13.5. The zero-order chi connectivity index (χ0) is 16.2. The smallest absolute Gasteiger partial charge is 0.207 e. The van der Waals surface area contributed by atoms with Crippen molar-refractivity contribution in [3.8, 4) is 11.5 Å². The third kappa shape index (κ3) is 6.32. The van der Waals surface area contributed by atoms with Crippen molar-refractivity contribution in [1.29, 1.82) is 0 Å². The predicted molar refractivity (Wildman–Crippen MR) is 83.5 cm³/mol. The van der Waals surface area contributed by atoms with Crippen LogP contribution >= 0.6 is 0 Å². The van der Waals surface area contributed by atoms with Crippen LogP contribution in [0.2, 0.25) is 0 Å². The van der Waals surface area contributed by atoms with Crippen LogP contribution in [0.4, 0.5) is 0 Å². The Morgan fingerprint density at radius 2 is 1.95 bits per heavy atom. The summed E-state index contributed by atoms with van der Waals surface area (Å²) in [4.78, 5) is 10.6. The molecule has 0 radical (unpaired) electrons. The van der Waals surface area contributed by atoms with E-state index in [9.17, 15) is 4.79 Å². The lowest BCUT2D eigenvalue weighted by molar-refractivity contribution is -0.110. The van der Waals surface area contributed by atoms with Crippen molar-refractivity contribution in [2.75, 3.05) is 41.2 Å². The fraction of sp³-hybridized carbons (Fsp3) is 0.562. The molecule has 0 spiro atoms. The Kier molecular flexibility index (Phi) is 9.02. The van der Waals surface area contributed by atoms with Gasteiger partial charge in [0, 0.05) is 27.2 Å². The second-order valence-electron chi connectivity index (χ2n) is 4.82. The van der Waals surface area contributed by atoms with Gasteiger partial charge >= 0.3 is 0 Å². The van der Waals surface area contributed by atoms with E-state index in [4.69, 9.17) is 18.9 Å². The number of carbonyl (C=O) groups is 1. The minimum atomic E-state index is -0.0720. The highest BCUT2D eigenvalue weighted by molar-refractivity contribution is 5.47. The first-order valence-corrected chi connectivity index (χ1v) is 7.22. The summed E-state index contributed by atoms with van der Waals surface area (Å²) in [5.41, 5.74) is 1.04. The molecule has 0 fully saturated rings. The molecule has 0 bridgehead atoms. The minimum Gasteiger partial charge on any atom is -0.493 e. The first-order chi connectivity index (χ1) is 10.7. The van der Waals surface area contributed by atoms with E-state index >= 15 is 0 Å². The van der Waals surface area contributed by atoms with E-state index in [1.807, 2.05) is 18.2 Å². The average molecular weight is 311 g/mol. The normalized spacial score (nSPS) is 11.8. The molecule has 0 aliphatic carbocycles. The molecule has 1 N–H and O–H groups in total. The number of benzene rings is 1. The van der Waals surface area contributed by atoms with Gasteiger partial charge in [0.2, 0.25) is 6.41 Å². The topological polar surface area (TPSA) is 66.0 Å². The molecule has 0 saturated carbocycles. The molecule has 1 rings (SSSR count). The summed E-state index contributed by atoms with van der Waals surface area (Å²) in [5.74, 6) is 1.38. The third-order valence-electron chi connectivity index (χ3n) is 3.13. The quantitative estimate of drug-likeness (QED) is 0.467. The van der Waals surface area contributed by atoms with Crippen molar-refractivity contribution in [1.82, 2.24) is 5.32 Å². The number of hydrogen-bond donors (Lipinski definition) is 1. The van der Waals surface area contributed by atoms with Crippen LogP contribution in [0.15, 0.2) is 18.2 Å². The van der Waals surface area contributed by atoms with E-state index in [0.717, 1.165) is 12.0 Å². The van der Waals surface area contributed by atoms with Crippen LogP contribution in [-0.4, -0.2) is 53.6 Å². The molecule has 0 aliphatic heterocycles. The van der Waals surface area contributed by atoms with E-state index in [-0.39, 0.29) is 6.04 Å². The number of hydrogen-bond acceptors (Lipinski definition) is 5. The van der Waals surface area contributed by atoms with E-state index in [1.54, 1.807) is 21.3 Å². The Morgan fingerprint density at radius 1 is 1.14 bits per heavy atom. The molecule has 0 saturated heterocycles. The maximum Gasteiger partial charge on any atom is 0.207 e. The lowest BCUT2D eigenvalue weighted by Gasteiger charge is -2.17. The molecule has 0 unspecified atom stereocenters. The highest BCUT2D eigenvalue weighted by Crippen LogP contribution is 2.28. The predicted octanol–water partition coefficient (Wildman–Crippen LogP) is 1.41. The Bertz CT molecular complexity index is 439. The largest absolute Gasteiger partial charge is 0.493 e. The van der Waals surface area contributed by atoms with Gasteiger partial charge in [0.05, 0.1) is 26.4 Å². The lowest BCUT2D eigenvalue weighted by atomic mass is 10.1. The summed E-state index contributed by atoms with van der Waals surface area (Å²) in [7, 11) is 4.88. The average Bonchev–Trinajstić information content (AvgIpc) is 2.52. The van der Waals surface area contributed by atoms with Crippen LogP contribution in [0.5, 0.6) is 11.5 Å². The van der Waals surface area contributed by atoms with Gasteiger partial charge in [-0.2, -0.15) is 0 Å². The Balaban J connectivity index is 2.72. The fourth-order valence-corrected chi connectivity index (χ4v) is 2.09. The van der Waals surface area contributed by atoms with E-state index in [0.29, 0.717) is 44.2 Å². The number of ether oxygens (including phenoxy) is 4. The summed E-state index contributed by atoms with van der Waals surface area (Å²) in [5, 5.41) is 2.75. The first-order valence-electron chi connectivity index (χ1n) is 7.22. The lowest BCUT2D eigenvalue weighted by Crippen LogP contribution is -2.34. The molecular formula is C16H25NO5.